The molecule has 0 aromatic heterocycles. The van der Waals surface area contributed by atoms with Crippen LogP contribution in [0.3, 0.4) is 0 Å². The van der Waals surface area contributed by atoms with Gasteiger partial charge in [0.05, 0.1) is 6.61 Å². The Kier molecular flexibility index (Phi) is 5.34. The molecule has 0 aliphatic heterocycles. The maximum Gasteiger partial charge on any atom is 0.408 e. The summed E-state index contributed by atoms with van der Waals surface area (Å²) in [5, 5.41) is 2.59. The Morgan fingerprint density at radius 2 is 1.57 bits per heavy atom. The minimum atomic E-state index is -1.20. The van der Waals surface area contributed by atoms with Gasteiger partial charge in [0.15, 0.2) is 0 Å². The lowest BCUT2D eigenvalue weighted by Crippen LogP contribution is -2.49. The van der Waals surface area contributed by atoms with Crippen molar-refractivity contribution in [2.45, 2.75) is 71.6 Å². The number of carbonyl (C=O) groups excluding carboxylic acids is 3. The van der Waals surface area contributed by atoms with E-state index in [1.165, 1.54) is 6.92 Å². The summed E-state index contributed by atoms with van der Waals surface area (Å²) >= 11 is 0. The fourth-order valence-corrected chi connectivity index (χ4v) is 2.06. The van der Waals surface area contributed by atoms with Gasteiger partial charge in [-0.3, -0.25) is 4.79 Å². The third kappa shape index (κ3) is 6.08. The summed E-state index contributed by atoms with van der Waals surface area (Å²) in [5.41, 5.74) is -2.57. The molecule has 1 rings (SSSR count). The summed E-state index contributed by atoms with van der Waals surface area (Å²) in [6.45, 7) is 11.8. The molecule has 0 spiro atoms. The lowest BCUT2D eigenvalue weighted by molar-refractivity contribution is -0.160. The zero-order valence-corrected chi connectivity index (χ0v) is 14.9. The highest BCUT2D eigenvalue weighted by molar-refractivity contribution is 5.90. The van der Waals surface area contributed by atoms with Crippen LogP contribution in [-0.4, -0.2) is 41.4 Å². The zero-order valence-electron chi connectivity index (χ0n) is 14.9. The number of nitrogens with one attached hydrogen (secondary N) is 1. The van der Waals surface area contributed by atoms with Crippen LogP contribution in [0.2, 0.25) is 0 Å². The van der Waals surface area contributed by atoms with E-state index in [9.17, 15) is 14.4 Å². The molecular weight excluding hydrogens is 302 g/mol. The van der Waals surface area contributed by atoms with Gasteiger partial charge in [-0.25, -0.2) is 9.59 Å². The van der Waals surface area contributed by atoms with Crippen LogP contribution >= 0.6 is 0 Å². The van der Waals surface area contributed by atoms with E-state index < -0.39 is 34.8 Å². The standard InChI is InChI=1S/C16H27NO6/c1-10(18)21-9-11-8-16(11,12(19)22-14(2,3)4)17-13(20)23-15(5,6)7/h11H,8-9H2,1-7H3,(H,17,20)/t11-,16-/m1/s1. The van der Waals surface area contributed by atoms with Crippen LogP contribution in [0.5, 0.6) is 0 Å². The van der Waals surface area contributed by atoms with Crippen molar-refractivity contribution in [2.75, 3.05) is 6.61 Å². The van der Waals surface area contributed by atoms with Gasteiger partial charge in [0.1, 0.15) is 16.7 Å². The van der Waals surface area contributed by atoms with Gasteiger partial charge < -0.3 is 19.5 Å². The van der Waals surface area contributed by atoms with Crippen molar-refractivity contribution in [3.8, 4) is 0 Å². The van der Waals surface area contributed by atoms with Crippen molar-refractivity contribution in [3.63, 3.8) is 0 Å². The number of rotatable bonds is 4. The Morgan fingerprint density at radius 1 is 1.04 bits per heavy atom. The number of ether oxygens (including phenoxy) is 3. The highest BCUT2D eigenvalue weighted by atomic mass is 16.6. The molecule has 23 heavy (non-hydrogen) atoms. The Hall–Kier alpha value is -1.79. The van der Waals surface area contributed by atoms with Crippen LogP contribution in [0.4, 0.5) is 4.79 Å². The molecule has 1 fully saturated rings. The van der Waals surface area contributed by atoms with Gasteiger partial charge in [-0.05, 0) is 48.0 Å². The number of amides is 1. The molecule has 132 valence electrons. The smallest absolute Gasteiger partial charge is 0.408 e. The second-order valence-corrected chi connectivity index (χ2v) is 7.80. The number of carbonyl (C=O) groups is 3. The van der Waals surface area contributed by atoms with E-state index in [1.54, 1.807) is 41.5 Å². The molecule has 0 heterocycles. The van der Waals surface area contributed by atoms with E-state index in [2.05, 4.69) is 5.32 Å². The van der Waals surface area contributed by atoms with Gasteiger partial charge in [0.2, 0.25) is 0 Å². The van der Waals surface area contributed by atoms with Crippen LogP contribution < -0.4 is 5.32 Å². The van der Waals surface area contributed by atoms with Gasteiger partial charge in [0, 0.05) is 12.8 Å². The predicted octanol–water partition coefficient (Wildman–Crippen LogP) is 2.17. The first-order chi connectivity index (χ1) is 10.3. The van der Waals surface area contributed by atoms with Gasteiger partial charge in [-0.2, -0.15) is 0 Å². The van der Waals surface area contributed by atoms with E-state index in [-0.39, 0.29) is 12.5 Å². The molecule has 2 atom stereocenters. The monoisotopic (exact) mass is 329 g/mol. The van der Waals surface area contributed by atoms with Crippen LogP contribution in [0.25, 0.3) is 0 Å². The zero-order chi connectivity index (χ0) is 18.1. The lowest BCUT2D eigenvalue weighted by Gasteiger charge is -2.27. The third-order valence-electron chi connectivity index (χ3n) is 3.08. The lowest BCUT2D eigenvalue weighted by atomic mass is 10.1. The average molecular weight is 329 g/mol. The van der Waals surface area contributed by atoms with E-state index in [1.807, 2.05) is 0 Å². The quantitative estimate of drug-likeness (QED) is 0.628. The molecule has 0 bridgehead atoms. The van der Waals surface area contributed by atoms with Crippen molar-refractivity contribution in [3.05, 3.63) is 0 Å². The summed E-state index contributed by atoms with van der Waals surface area (Å²) in [6, 6.07) is 0. The minimum Gasteiger partial charge on any atom is -0.465 e. The average Bonchev–Trinajstić information content (AvgIpc) is 2.96. The van der Waals surface area contributed by atoms with E-state index in [4.69, 9.17) is 14.2 Å². The summed E-state index contributed by atoms with van der Waals surface area (Å²) in [5.74, 6) is -1.31. The number of alkyl carbamates (subject to hydrolysis) is 1. The molecule has 7 heteroatoms. The van der Waals surface area contributed by atoms with Crippen LogP contribution in [0.1, 0.15) is 54.9 Å². The number of hydrogen-bond acceptors (Lipinski definition) is 6. The first-order valence-electron chi connectivity index (χ1n) is 7.63. The topological polar surface area (TPSA) is 90.9 Å². The molecule has 1 saturated carbocycles. The summed E-state index contributed by atoms with van der Waals surface area (Å²) in [6.07, 6.45) is -0.359. The molecule has 0 radical (unpaired) electrons. The molecule has 0 unspecified atom stereocenters. The Labute approximate surface area is 137 Å². The van der Waals surface area contributed by atoms with Gasteiger partial charge in [-0.1, -0.05) is 0 Å². The SMILES string of the molecule is CC(=O)OC[C@H]1C[C@]1(NC(=O)OC(C)(C)C)C(=O)OC(C)(C)C. The molecule has 1 aliphatic carbocycles. The number of hydrogen-bond donors (Lipinski definition) is 1. The van der Waals surface area contributed by atoms with Crippen molar-refractivity contribution in [1.82, 2.24) is 5.32 Å². The molecule has 0 aromatic carbocycles. The fourth-order valence-electron chi connectivity index (χ4n) is 2.06. The predicted molar refractivity (Wildman–Crippen MR) is 82.7 cm³/mol. The van der Waals surface area contributed by atoms with Crippen molar-refractivity contribution < 1.29 is 28.6 Å². The molecule has 1 aliphatic rings. The van der Waals surface area contributed by atoms with Crippen LogP contribution in [-0.2, 0) is 23.8 Å². The highest BCUT2D eigenvalue weighted by Crippen LogP contribution is 2.45. The Bertz CT molecular complexity index is 488. The third-order valence-corrected chi connectivity index (χ3v) is 3.08. The van der Waals surface area contributed by atoms with Gasteiger partial charge >= 0.3 is 18.0 Å². The molecular formula is C16H27NO6. The van der Waals surface area contributed by atoms with E-state index >= 15 is 0 Å². The first-order valence-corrected chi connectivity index (χ1v) is 7.63. The molecule has 0 aromatic rings. The van der Waals surface area contributed by atoms with Crippen LogP contribution in [0.15, 0.2) is 0 Å². The fraction of sp³-hybridized carbons (Fsp3) is 0.812. The van der Waals surface area contributed by atoms with E-state index in [0.29, 0.717) is 6.42 Å². The summed E-state index contributed by atoms with van der Waals surface area (Å²) < 4.78 is 15.5. The molecule has 1 N–H and O–H groups in total. The second kappa shape index (κ2) is 6.37. The normalized spacial score (nSPS) is 23.7. The molecule has 0 saturated heterocycles. The molecule has 7 nitrogen and oxygen atoms in total. The van der Waals surface area contributed by atoms with Crippen LogP contribution in [0, 0.1) is 5.92 Å². The van der Waals surface area contributed by atoms with Gasteiger partial charge in [-0.15, -0.1) is 0 Å². The van der Waals surface area contributed by atoms with Crippen molar-refractivity contribution in [2.24, 2.45) is 5.92 Å². The number of esters is 2. The first kappa shape index (κ1) is 19.3. The Morgan fingerprint density at radius 3 is 2.00 bits per heavy atom. The van der Waals surface area contributed by atoms with Crippen molar-refractivity contribution in [1.29, 1.82) is 0 Å². The summed E-state index contributed by atoms with van der Waals surface area (Å²) in [4.78, 5) is 35.4. The maximum absolute atomic E-state index is 12.5. The maximum atomic E-state index is 12.5. The second-order valence-electron chi connectivity index (χ2n) is 7.80. The Balaban J connectivity index is 2.81. The highest BCUT2D eigenvalue weighted by Gasteiger charge is 2.64. The summed E-state index contributed by atoms with van der Waals surface area (Å²) in [7, 11) is 0. The molecule has 1 amide bonds. The minimum absolute atomic E-state index is 0.0460. The van der Waals surface area contributed by atoms with Gasteiger partial charge in [0.25, 0.3) is 0 Å². The largest absolute Gasteiger partial charge is 0.465 e. The van der Waals surface area contributed by atoms with Crippen molar-refractivity contribution >= 4 is 18.0 Å². The van der Waals surface area contributed by atoms with E-state index in [0.717, 1.165) is 0 Å².